The van der Waals surface area contributed by atoms with Crippen molar-refractivity contribution in [1.82, 2.24) is 24.7 Å². The molecule has 12 heteroatoms. The van der Waals surface area contributed by atoms with Gasteiger partial charge < -0.3 is 29.4 Å². The van der Waals surface area contributed by atoms with Crippen LogP contribution in [-0.4, -0.2) is 132 Å². The Morgan fingerprint density at radius 1 is 0.675 bits per heavy atom. The highest BCUT2D eigenvalue weighted by molar-refractivity contribution is 7.99. The Morgan fingerprint density at radius 3 is 1.93 bits per heavy atom. The van der Waals surface area contributed by atoms with E-state index < -0.39 is 6.04 Å². The molecule has 1 aromatic heterocycles. The van der Waals surface area contributed by atoms with Crippen molar-refractivity contribution >= 4 is 47.1 Å². The van der Waals surface area contributed by atoms with E-state index in [0.29, 0.717) is 52.2 Å². The monoisotopic (exact) mass is 570 g/mol. The van der Waals surface area contributed by atoms with Crippen molar-refractivity contribution in [2.24, 2.45) is 0 Å². The molecular formula is C28H42N8O3S. The van der Waals surface area contributed by atoms with Crippen molar-refractivity contribution in [3.63, 3.8) is 0 Å². The highest BCUT2D eigenvalue weighted by atomic mass is 32.2. The molecule has 11 nitrogen and oxygen atoms in total. The molecule has 5 aliphatic heterocycles. The highest BCUT2D eigenvalue weighted by Gasteiger charge is 2.38. The van der Waals surface area contributed by atoms with Crippen molar-refractivity contribution in [3.05, 3.63) is 6.07 Å². The molecule has 5 saturated heterocycles. The maximum absolute atomic E-state index is 13.6. The number of carbonyl (C=O) groups is 3. The summed E-state index contributed by atoms with van der Waals surface area (Å²) in [5.41, 5.74) is 0. The minimum atomic E-state index is -0.452. The number of hydrogen-bond acceptors (Lipinski definition) is 9. The normalized spacial score (nSPS) is 23.9. The van der Waals surface area contributed by atoms with Crippen LogP contribution in [0.15, 0.2) is 6.07 Å². The summed E-state index contributed by atoms with van der Waals surface area (Å²) in [5, 5.41) is 0. The first-order valence-corrected chi connectivity index (χ1v) is 16.3. The van der Waals surface area contributed by atoms with Gasteiger partial charge in [0.2, 0.25) is 23.7 Å². The second-order valence-electron chi connectivity index (χ2n) is 11.5. The van der Waals surface area contributed by atoms with Crippen LogP contribution in [0, 0.1) is 0 Å². The first-order chi connectivity index (χ1) is 19.6. The number of hydrogen-bond donors (Lipinski definition) is 0. The molecule has 40 heavy (non-hydrogen) atoms. The predicted molar refractivity (Wildman–Crippen MR) is 157 cm³/mol. The number of likely N-dealkylation sites (tertiary alicyclic amines) is 1. The highest BCUT2D eigenvalue weighted by Crippen LogP contribution is 2.28. The minimum absolute atomic E-state index is 0.0190. The Balaban J connectivity index is 1.08. The van der Waals surface area contributed by atoms with Crippen LogP contribution in [0.1, 0.15) is 44.9 Å². The van der Waals surface area contributed by atoms with Gasteiger partial charge in [-0.2, -0.15) is 21.7 Å². The topological polar surface area (TPSA) is 96.4 Å². The average Bonchev–Trinajstić information content (AvgIpc) is 3.80. The minimum Gasteiger partial charge on any atom is -0.356 e. The van der Waals surface area contributed by atoms with E-state index in [4.69, 9.17) is 9.97 Å². The lowest BCUT2D eigenvalue weighted by atomic mass is 10.1. The van der Waals surface area contributed by atoms with Gasteiger partial charge in [0.25, 0.3) is 0 Å². The number of piperazine rings is 1. The van der Waals surface area contributed by atoms with E-state index in [9.17, 15) is 14.4 Å². The number of thioether (sulfide) groups is 1. The summed E-state index contributed by atoms with van der Waals surface area (Å²) in [6.07, 6.45) is 6.10. The summed E-state index contributed by atoms with van der Waals surface area (Å²) in [7, 11) is 0. The fourth-order valence-electron chi connectivity index (χ4n) is 6.58. The fraction of sp³-hybridized carbons (Fsp3) is 0.750. The molecule has 0 aliphatic carbocycles. The molecule has 6 rings (SSSR count). The van der Waals surface area contributed by atoms with Crippen LogP contribution >= 0.6 is 11.8 Å². The van der Waals surface area contributed by atoms with E-state index in [1.54, 1.807) is 9.80 Å². The molecule has 0 radical (unpaired) electrons. The smallest absolute Gasteiger partial charge is 0.245 e. The summed E-state index contributed by atoms with van der Waals surface area (Å²) in [5.74, 6) is 4.33. The summed E-state index contributed by atoms with van der Waals surface area (Å²) in [6.45, 7) is 8.65. The maximum Gasteiger partial charge on any atom is 0.245 e. The lowest BCUT2D eigenvalue weighted by Crippen LogP contribution is -2.55. The second kappa shape index (κ2) is 12.4. The Morgan fingerprint density at radius 2 is 1.27 bits per heavy atom. The molecule has 0 bridgehead atoms. The summed E-state index contributed by atoms with van der Waals surface area (Å²) in [6, 6.07) is 1.67. The molecule has 0 aromatic carbocycles. The third kappa shape index (κ3) is 5.96. The van der Waals surface area contributed by atoms with E-state index in [-0.39, 0.29) is 24.1 Å². The van der Waals surface area contributed by atoms with E-state index in [1.807, 2.05) is 16.7 Å². The number of carbonyl (C=O) groups excluding carboxylic acids is 3. The van der Waals surface area contributed by atoms with E-state index in [2.05, 4.69) is 20.8 Å². The molecule has 1 unspecified atom stereocenters. The van der Waals surface area contributed by atoms with E-state index >= 15 is 0 Å². The van der Waals surface area contributed by atoms with Gasteiger partial charge in [-0.05, 0) is 38.5 Å². The molecule has 5 aliphatic rings. The Kier molecular flexibility index (Phi) is 8.50. The number of amides is 3. The molecule has 3 amide bonds. The van der Waals surface area contributed by atoms with Crippen molar-refractivity contribution in [2.75, 3.05) is 98.2 Å². The molecule has 1 aromatic rings. The predicted octanol–water partition coefficient (Wildman–Crippen LogP) is 1.28. The zero-order valence-corrected chi connectivity index (χ0v) is 24.3. The second-order valence-corrected chi connectivity index (χ2v) is 12.7. The van der Waals surface area contributed by atoms with Gasteiger partial charge in [-0.15, -0.1) is 0 Å². The number of rotatable bonds is 6. The van der Waals surface area contributed by atoms with Crippen LogP contribution in [0.2, 0.25) is 0 Å². The molecule has 0 saturated carbocycles. The van der Waals surface area contributed by atoms with Crippen molar-refractivity contribution in [1.29, 1.82) is 0 Å². The third-order valence-corrected chi connectivity index (χ3v) is 9.89. The molecule has 0 spiro atoms. The van der Waals surface area contributed by atoms with Crippen LogP contribution in [0.25, 0.3) is 0 Å². The van der Waals surface area contributed by atoms with E-state index in [1.165, 1.54) is 25.7 Å². The number of aromatic nitrogens is 2. The van der Waals surface area contributed by atoms with Crippen molar-refractivity contribution in [2.45, 2.75) is 51.0 Å². The average molecular weight is 571 g/mol. The first-order valence-electron chi connectivity index (χ1n) is 15.1. The lowest BCUT2D eigenvalue weighted by molar-refractivity contribution is -0.147. The Hall–Kier alpha value is -2.76. The molecule has 218 valence electrons. The molecule has 6 heterocycles. The standard InChI is InChI=1S/C28H42N8O3S/c37-25(33-16-18-40-19-17-33)21-26(38)36-11-5-6-22(36)27(39)34-14-12-32(13-15-34)24-20-23(31-7-1-2-8-31)29-28(30-24)35-9-3-4-10-35/h20,22H,1-19,21H2. The van der Waals surface area contributed by atoms with Gasteiger partial charge in [0.15, 0.2) is 0 Å². The lowest BCUT2D eigenvalue weighted by Gasteiger charge is -2.38. The van der Waals surface area contributed by atoms with Gasteiger partial charge in [-0.25, -0.2) is 0 Å². The van der Waals surface area contributed by atoms with Crippen LogP contribution in [0.5, 0.6) is 0 Å². The molecule has 0 N–H and O–H groups in total. The quantitative estimate of drug-likeness (QED) is 0.469. The van der Waals surface area contributed by atoms with Crippen molar-refractivity contribution in [3.8, 4) is 0 Å². The van der Waals surface area contributed by atoms with E-state index in [0.717, 1.165) is 61.7 Å². The molecule has 5 fully saturated rings. The number of anilines is 3. The van der Waals surface area contributed by atoms with Crippen LogP contribution < -0.4 is 14.7 Å². The van der Waals surface area contributed by atoms with Gasteiger partial charge in [-0.3, -0.25) is 14.4 Å². The van der Waals surface area contributed by atoms with Crippen LogP contribution in [0.3, 0.4) is 0 Å². The summed E-state index contributed by atoms with van der Waals surface area (Å²) < 4.78 is 0. The van der Waals surface area contributed by atoms with Gasteiger partial charge in [0.05, 0.1) is 0 Å². The fourth-order valence-corrected chi connectivity index (χ4v) is 7.49. The molecular weight excluding hydrogens is 528 g/mol. The zero-order chi connectivity index (χ0) is 27.5. The molecule has 1 atom stereocenters. The van der Waals surface area contributed by atoms with Crippen molar-refractivity contribution < 1.29 is 14.4 Å². The van der Waals surface area contributed by atoms with Crippen LogP contribution in [-0.2, 0) is 14.4 Å². The van der Waals surface area contributed by atoms with Gasteiger partial charge in [0, 0.05) is 89.6 Å². The first kappa shape index (κ1) is 27.4. The summed E-state index contributed by atoms with van der Waals surface area (Å²) in [4.78, 5) is 61.6. The Bertz CT molecular complexity index is 1050. The third-order valence-electron chi connectivity index (χ3n) is 8.95. The number of nitrogens with zero attached hydrogens (tertiary/aromatic N) is 8. The van der Waals surface area contributed by atoms with Crippen LogP contribution in [0.4, 0.5) is 17.6 Å². The summed E-state index contributed by atoms with van der Waals surface area (Å²) >= 11 is 1.84. The zero-order valence-electron chi connectivity index (χ0n) is 23.5. The maximum atomic E-state index is 13.6. The van der Waals surface area contributed by atoms with Gasteiger partial charge in [0.1, 0.15) is 24.1 Å². The van der Waals surface area contributed by atoms with Gasteiger partial charge in [-0.1, -0.05) is 0 Å². The van der Waals surface area contributed by atoms with Gasteiger partial charge >= 0.3 is 0 Å². The SMILES string of the molecule is O=C(CC(=O)N1CCCC1C(=O)N1CCN(c2cc(N3CCCC3)nc(N3CCCC3)n2)CC1)N1CCSCC1. The Labute approximate surface area is 241 Å². The largest absolute Gasteiger partial charge is 0.356 e.